The van der Waals surface area contributed by atoms with Crippen molar-refractivity contribution in [2.75, 3.05) is 18.6 Å². The molecule has 0 aliphatic rings. The van der Waals surface area contributed by atoms with Crippen LogP contribution in [0, 0.1) is 5.41 Å². The molecule has 5 heteroatoms. The minimum atomic E-state index is -0.394. The lowest BCUT2D eigenvalue weighted by atomic mass is 9.85. The van der Waals surface area contributed by atoms with Crippen molar-refractivity contribution >= 4 is 30.1 Å². The number of halogens is 1. The first-order chi connectivity index (χ1) is 9.44. The van der Waals surface area contributed by atoms with Crippen LogP contribution >= 0.6 is 24.2 Å². The Labute approximate surface area is 138 Å². The highest BCUT2D eigenvalue weighted by molar-refractivity contribution is 7.98. The van der Waals surface area contributed by atoms with Gasteiger partial charge in [-0.3, -0.25) is 4.79 Å². The maximum absolute atomic E-state index is 11.9. The van der Waals surface area contributed by atoms with E-state index in [1.807, 2.05) is 24.5 Å². The van der Waals surface area contributed by atoms with E-state index in [4.69, 9.17) is 5.73 Å². The zero-order valence-corrected chi connectivity index (χ0v) is 14.7. The van der Waals surface area contributed by atoms with E-state index in [0.717, 1.165) is 18.6 Å². The second kappa shape index (κ2) is 10.1. The highest BCUT2D eigenvalue weighted by atomic mass is 35.5. The van der Waals surface area contributed by atoms with Gasteiger partial charge in [0.15, 0.2) is 0 Å². The fraction of sp³-hybridized carbons (Fsp3) is 0.562. The van der Waals surface area contributed by atoms with Crippen LogP contribution in [-0.4, -0.2) is 30.5 Å². The summed E-state index contributed by atoms with van der Waals surface area (Å²) < 4.78 is 0. The van der Waals surface area contributed by atoms with Gasteiger partial charge in [0.1, 0.15) is 0 Å². The van der Waals surface area contributed by atoms with Crippen molar-refractivity contribution in [1.29, 1.82) is 0 Å². The van der Waals surface area contributed by atoms with Crippen molar-refractivity contribution in [3.05, 3.63) is 35.9 Å². The van der Waals surface area contributed by atoms with E-state index in [2.05, 4.69) is 31.3 Å². The number of benzene rings is 1. The molecule has 0 spiro atoms. The minimum absolute atomic E-state index is 0. The third-order valence-electron chi connectivity index (χ3n) is 3.24. The van der Waals surface area contributed by atoms with E-state index < -0.39 is 6.04 Å². The fourth-order valence-electron chi connectivity index (χ4n) is 2.04. The first kappa shape index (κ1) is 20.3. The molecule has 0 radical (unpaired) electrons. The maximum Gasteiger partial charge on any atom is 0.236 e. The summed E-state index contributed by atoms with van der Waals surface area (Å²) in [6.07, 6.45) is 3.69. The Morgan fingerprint density at radius 1 is 1.33 bits per heavy atom. The van der Waals surface area contributed by atoms with Crippen molar-refractivity contribution in [2.24, 2.45) is 11.1 Å². The van der Waals surface area contributed by atoms with E-state index in [1.165, 1.54) is 5.56 Å². The summed E-state index contributed by atoms with van der Waals surface area (Å²) in [6.45, 7) is 4.97. The number of hydrogen-bond donors (Lipinski definition) is 2. The molecule has 0 saturated heterocycles. The van der Waals surface area contributed by atoms with Gasteiger partial charge < -0.3 is 11.1 Å². The smallest absolute Gasteiger partial charge is 0.236 e. The van der Waals surface area contributed by atoms with Crippen LogP contribution in [0.4, 0.5) is 0 Å². The second-order valence-corrected chi connectivity index (χ2v) is 6.92. The van der Waals surface area contributed by atoms with Crippen LogP contribution in [0.3, 0.4) is 0 Å². The molecule has 1 amide bonds. The molecule has 3 nitrogen and oxygen atoms in total. The van der Waals surface area contributed by atoms with Gasteiger partial charge in [0.05, 0.1) is 6.04 Å². The quantitative estimate of drug-likeness (QED) is 0.770. The third-order valence-corrected chi connectivity index (χ3v) is 3.88. The SMILES string of the molecule is CSCC[C@H](N)C(=O)NCC(C)(C)Cc1ccccc1.Cl. The average Bonchev–Trinajstić information content (AvgIpc) is 2.42. The Kier molecular flexibility index (Phi) is 9.75. The van der Waals surface area contributed by atoms with E-state index in [0.29, 0.717) is 6.54 Å². The molecule has 0 bridgehead atoms. The first-order valence-corrected chi connectivity index (χ1v) is 8.40. The summed E-state index contributed by atoms with van der Waals surface area (Å²) in [4.78, 5) is 11.9. The van der Waals surface area contributed by atoms with E-state index in [-0.39, 0.29) is 23.7 Å². The zero-order chi connectivity index (χ0) is 15.0. The summed E-state index contributed by atoms with van der Waals surface area (Å²) >= 11 is 1.71. The van der Waals surface area contributed by atoms with Gasteiger partial charge in [-0.2, -0.15) is 11.8 Å². The predicted molar refractivity (Wildman–Crippen MR) is 95.2 cm³/mol. The summed E-state index contributed by atoms with van der Waals surface area (Å²) in [5.41, 5.74) is 7.17. The lowest BCUT2D eigenvalue weighted by Crippen LogP contribution is -2.44. The molecule has 1 rings (SSSR count). The first-order valence-electron chi connectivity index (χ1n) is 7.01. The van der Waals surface area contributed by atoms with Crippen molar-refractivity contribution in [2.45, 2.75) is 32.7 Å². The molecule has 0 unspecified atom stereocenters. The van der Waals surface area contributed by atoms with Gasteiger partial charge in [-0.1, -0.05) is 44.2 Å². The van der Waals surface area contributed by atoms with Gasteiger partial charge in [0.2, 0.25) is 5.91 Å². The van der Waals surface area contributed by atoms with E-state index >= 15 is 0 Å². The molecule has 120 valence electrons. The predicted octanol–water partition coefficient (Wildman–Crippen LogP) is 2.87. The van der Waals surface area contributed by atoms with Crippen LogP contribution in [0.5, 0.6) is 0 Å². The highest BCUT2D eigenvalue weighted by Crippen LogP contribution is 2.20. The number of rotatable bonds is 8. The van der Waals surface area contributed by atoms with Gasteiger partial charge in [-0.25, -0.2) is 0 Å². The number of carbonyl (C=O) groups is 1. The summed E-state index contributed by atoms with van der Waals surface area (Å²) in [7, 11) is 0. The molecule has 21 heavy (non-hydrogen) atoms. The Bertz CT molecular complexity index is 412. The molecule has 0 saturated carbocycles. The highest BCUT2D eigenvalue weighted by Gasteiger charge is 2.21. The second-order valence-electron chi connectivity index (χ2n) is 5.93. The number of nitrogens with two attached hydrogens (primary N) is 1. The number of carbonyl (C=O) groups excluding carboxylic acids is 1. The minimum Gasteiger partial charge on any atom is -0.354 e. The summed E-state index contributed by atoms with van der Waals surface area (Å²) in [5, 5.41) is 2.98. The molecular formula is C16H27ClN2OS. The van der Waals surface area contributed by atoms with Gasteiger partial charge in [0.25, 0.3) is 0 Å². The summed E-state index contributed by atoms with van der Waals surface area (Å²) in [5.74, 6) is 0.877. The monoisotopic (exact) mass is 330 g/mol. The van der Waals surface area contributed by atoms with Crippen LogP contribution in [0.15, 0.2) is 30.3 Å². The van der Waals surface area contributed by atoms with Crippen LogP contribution in [0.1, 0.15) is 25.8 Å². The Morgan fingerprint density at radius 2 is 1.95 bits per heavy atom. The number of hydrogen-bond acceptors (Lipinski definition) is 3. The normalized spacial score (nSPS) is 12.4. The number of amides is 1. The maximum atomic E-state index is 11.9. The average molecular weight is 331 g/mol. The Hall–Kier alpha value is -0.710. The molecule has 0 aliphatic heterocycles. The molecule has 1 atom stereocenters. The van der Waals surface area contributed by atoms with Crippen LogP contribution < -0.4 is 11.1 Å². The fourth-order valence-corrected chi connectivity index (χ4v) is 2.53. The zero-order valence-electron chi connectivity index (χ0n) is 13.1. The van der Waals surface area contributed by atoms with Crippen LogP contribution in [0.25, 0.3) is 0 Å². The number of nitrogens with one attached hydrogen (secondary N) is 1. The standard InChI is InChI=1S/C16H26N2OS.ClH/c1-16(2,11-13-7-5-4-6-8-13)12-18-15(19)14(17)9-10-20-3;/h4-8,14H,9-12,17H2,1-3H3,(H,18,19);1H/t14-;/m0./s1. The van der Waals surface area contributed by atoms with Gasteiger partial charge in [0, 0.05) is 6.54 Å². The van der Waals surface area contributed by atoms with E-state index in [9.17, 15) is 4.79 Å². The van der Waals surface area contributed by atoms with Gasteiger partial charge in [-0.05, 0) is 35.8 Å². The van der Waals surface area contributed by atoms with Crippen molar-refractivity contribution in [3.63, 3.8) is 0 Å². The molecule has 0 aromatic heterocycles. The van der Waals surface area contributed by atoms with Crippen LogP contribution in [-0.2, 0) is 11.2 Å². The summed E-state index contributed by atoms with van der Waals surface area (Å²) in [6, 6.07) is 9.95. The van der Waals surface area contributed by atoms with Gasteiger partial charge >= 0.3 is 0 Å². The topological polar surface area (TPSA) is 55.1 Å². The van der Waals surface area contributed by atoms with Crippen molar-refractivity contribution in [3.8, 4) is 0 Å². The molecule has 1 aromatic rings. The molecule has 3 N–H and O–H groups in total. The van der Waals surface area contributed by atoms with Crippen molar-refractivity contribution < 1.29 is 4.79 Å². The van der Waals surface area contributed by atoms with Crippen LogP contribution in [0.2, 0.25) is 0 Å². The van der Waals surface area contributed by atoms with Gasteiger partial charge in [-0.15, -0.1) is 12.4 Å². The number of thioether (sulfide) groups is 1. The third kappa shape index (κ3) is 8.34. The molecular weight excluding hydrogens is 304 g/mol. The largest absolute Gasteiger partial charge is 0.354 e. The molecule has 0 aliphatic carbocycles. The lowest BCUT2D eigenvalue weighted by molar-refractivity contribution is -0.122. The van der Waals surface area contributed by atoms with Crippen molar-refractivity contribution in [1.82, 2.24) is 5.32 Å². The van der Waals surface area contributed by atoms with E-state index in [1.54, 1.807) is 11.8 Å². The molecule has 0 heterocycles. The lowest BCUT2D eigenvalue weighted by Gasteiger charge is -2.26. The Balaban J connectivity index is 0.00000400. The molecule has 0 fully saturated rings. The molecule has 1 aromatic carbocycles. The Morgan fingerprint density at radius 3 is 2.52 bits per heavy atom.